The highest BCUT2D eigenvalue weighted by atomic mass is 19.3. The van der Waals surface area contributed by atoms with Gasteiger partial charge in [0.25, 0.3) is 0 Å². The largest absolute Gasteiger partial charge is 0.382 e. The maximum Gasteiger partial charge on any atom is 0.248 e. The van der Waals surface area contributed by atoms with E-state index in [0.29, 0.717) is 5.82 Å². The first-order valence-electron chi connectivity index (χ1n) is 3.83. The van der Waals surface area contributed by atoms with E-state index in [2.05, 4.69) is 10.2 Å². The van der Waals surface area contributed by atoms with E-state index < -0.39 is 5.92 Å². The second-order valence-corrected chi connectivity index (χ2v) is 3.32. The molecule has 0 amide bonds. The molecule has 66 valence electrons. The minimum absolute atomic E-state index is 0.0650. The number of halogens is 2. The van der Waals surface area contributed by atoms with Gasteiger partial charge in [-0.3, -0.25) is 0 Å². The van der Waals surface area contributed by atoms with Gasteiger partial charge in [-0.1, -0.05) is 0 Å². The normalized spacial score (nSPS) is 33.2. The lowest BCUT2D eigenvalue weighted by Crippen LogP contribution is -2.40. The summed E-state index contributed by atoms with van der Waals surface area (Å²) in [5.41, 5.74) is 5.32. The Kier molecular flexibility index (Phi) is 1.43. The smallest absolute Gasteiger partial charge is 0.248 e. The summed E-state index contributed by atoms with van der Waals surface area (Å²) in [5.74, 6) is -2.20. The van der Waals surface area contributed by atoms with Gasteiger partial charge < -0.3 is 5.73 Å². The van der Waals surface area contributed by atoms with Gasteiger partial charge in [-0.15, -0.1) is 5.11 Å². The predicted molar refractivity (Wildman–Crippen MR) is 38.6 cm³/mol. The summed E-state index contributed by atoms with van der Waals surface area (Å²) in [5, 5.41) is 7.37. The van der Waals surface area contributed by atoms with Gasteiger partial charge in [0, 0.05) is 12.8 Å². The van der Waals surface area contributed by atoms with Crippen LogP contribution in [0.5, 0.6) is 0 Å². The molecule has 0 aromatic carbocycles. The number of hydrogen-bond acceptors (Lipinski definition) is 3. The lowest BCUT2D eigenvalue weighted by atomic mass is 9.77. The van der Waals surface area contributed by atoms with Crippen LogP contribution < -0.4 is 5.73 Å². The zero-order valence-corrected chi connectivity index (χ0v) is 6.37. The van der Waals surface area contributed by atoms with Gasteiger partial charge in [0.1, 0.15) is 5.82 Å². The Balaban J connectivity index is 1.94. The highest BCUT2D eigenvalue weighted by molar-refractivity contribution is 5.10. The molecule has 1 aliphatic carbocycles. The molecule has 0 aromatic heterocycles. The monoisotopic (exact) mass is 173 g/mol. The summed E-state index contributed by atoms with van der Waals surface area (Å²) in [4.78, 5) is 0. The summed E-state index contributed by atoms with van der Waals surface area (Å²) in [7, 11) is 0. The van der Waals surface area contributed by atoms with Gasteiger partial charge in [-0.2, -0.15) is 5.11 Å². The van der Waals surface area contributed by atoms with Crippen molar-refractivity contribution in [2.45, 2.75) is 24.8 Å². The number of alkyl halides is 2. The van der Waals surface area contributed by atoms with E-state index in [0.717, 1.165) is 0 Å². The average molecular weight is 173 g/mol. The van der Waals surface area contributed by atoms with Gasteiger partial charge in [0.15, 0.2) is 0 Å². The molecule has 2 N–H and O–H groups in total. The lowest BCUT2D eigenvalue weighted by molar-refractivity contribution is -0.112. The van der Waals surface area contributed by atoms with Crippen LogP contribution in [-0.2, 0) is 0 Å². The molecule has 5 heteroatoms. The lowest BCUT2D eigenvalue weighted by Gasteiger charge is -2.36. The number of nitrogens with zero attached hydrogens (tertiary/aromatic N) is 2. The fourth-order valence-corrected chi connectivity index (χ4v) is 1.55. The first-order valence-corrected chi connectivity index (χ1v) is 3.83. The SMILES string of the molecule is NC1=C[C@@H](C2CC(F)(F)C2)N=N1. The van der Waals surface area contributed by atoms with Crippen LogP contribution >= 0.6 is 0 Å². The van der Waals surface area contributed by atoms with Crippen LogP contribution in [0.1, 0.15) is 12.8 Å². The van der Waals surface area contributed by atoms with E-state index in [1.807, 2.05) is 0 Å². The molecule has 0 bridgehead atoms. The van der Waals surface area contributed by atoms with Crippen LogP contribution in [0.15, 0.2) is 22.1 Å². The quantitative estimate of drug-likeness (QED) is 0.644. The van der Waals surface area contributed by atoms with Crippen molar-refractivity contribution < 1.29 is 8.78 Å². The second kappa shape index (κ2) is 2.24. The van der Waals surface area contributed by atoms with Crippen molar-refractivity contribution in [3.05, 3.63) is 11.9 Å². The number of rotatable bonds is 1. The minimum Gasteiger partial charge on any atom is -0.382 e. The molecule has 1 atom stereocenters. The summed E-state index contributed by atoms with van der Waals surface area (Å²) < 4.78 is 24.8. The van der Waals surface area contributed by atoms with E-state index in [9.17, 15) is 8.78 Å². The summed E-state index contributed by atoms with van der Waals surface area (Å²) in [6.45, 7) is 0. The summed E-state index contributed by atoms with van der Waals surface area (Å²) in [6.07, 6.45) is 1.47. The third kappa shape index (κ3) is 1.19. The maximum absolute atomic E-state index is 12.4. The molecule has 0 aromatic rings. The molecular formula is C7H9F2N3. The predicted octanol–water partition coefficient (Wildman–Crippen LogP) is 1.67. The highest BCUT2D eigenvalue weighted by Gasteiger charge is 2.48. The highest BCUT2D eigenvalue weighted by Crippen LogP contribution is 2.45. The first kappa shape index (κ1) is 7.64. The molecule has 0 spiro atoms. The van der Waals surface area contributed by atoms with E-state index >= 15 is 0 Å². The molecule has 0 unspecified atom stereocenters. The van der Waals surface area contributed by atoms with Crippen molar-refractivity contribution in [2.75, 3.05) is 0 Å². The number of azo groups is 1. The molecule has 2 rings (SSSR count). The van der Waals surface area contributed by atoms with Crippen LogP contribution in [0.25, 0.3) is 0 Å². The van der Waals surface area contributed by atoms with Crippen LogP contribution in [0.2, 0.25) is 0 Å². The van der Waals surface area contributed by atoms with Crippen molar-refractivity contribution in [1.29, 1.82) is 0 Å². The third-order valence-electron chi connectivity index (χ3n) is 2.25. The van der Waals surface area contributed by atoms with E-state index in [1.54, 1.807) is 6.08 Å². The Morgan fingerprint density at radius 2 is 2.17 bits per heavy atom. The Bertz CT molecular complexity index is 251. The van der Waals surface area contributed by atoms with Crippen LogP contribution in [0, 0.1) is 5.92 Å². The van der Waals surface area contributed by atoms with E-state index in [1.165, 1.54) is 0 Å². The number of nitrogens with two attached hydrogens (primary N) is 1. The summed E-state index contributed by atoms with van der Waals surface area (Å²) >= 11 is 0. The zero-order valence-electron chi connectivity index (χ0n) is 6.37. The Hall–Kier alpha value is -1.00. The summed E-state index contributed by atoms with van der Waals surface area (Å²) in [6, 6.07) is -0.204. The van der Waals surface area contributed by atoms with E-state index in [-0.39, 0.29) is 24.8 Å². The van der Waals surface area contributed by atoms with Gasteiger partial charge in [0.05, 0.1) is 6.04 Å². The third-order valence-corrected chi connectivity index (χ3v) is 2.25. The Morgan fingerprint density at radius 3 is 2.58 bits per heavy atom. The molecular weight excluding hydrogens is 164 g/mol. The molecule has 1 saturated carbocycles. The molecule has 12 heavy (non-hydrogen) atoms. The van der Waals surface area contributed by atoms with Crippen molar-refractivity contribution >= 4 is 0 Å². The first-order chi connectivity index (χ1) is 5.57. The molecule has 2 aliphatic rings. The van der Waals surface area contributed by atoms with Gasteiger partial charge in [-0.25, -0.2) is 8.78 Å². The zero-order chi connectivity index (χ0) is 8.77. The van der Waals surface area contributed by atoms with Gasteiger partial charge >= 0.3 is 0 Å². The number of hydrogen-bond donors (Lipinski definition) is 1. The molecule has 1 heterocycles. The van der Waals surface area contributed by atoms with Gasteiger partial charge in [-0.05, 0) is 12.0 Å². The molecule has 0 saturated heterocycles. The molecule has 0 radical (unpaired) electrons. The second-order valence-electron chi connectivity index (χ2n) is 3.32. The standard InChI is InChI=1S/C7H9F2N3/c8-7(9)2-4(3-7)5-1-6(10)12-11-5/h1,4-5H,2-3,10H2/t5-/m0/s1. The van der Waals surface area contributed by atoms with Crippen LogP contribution in [0.4, 0.5) is 8.78 Å². The fourth-order valence-electron chi connectivity index (χ4n) is 1.55. The van der Waals surface area contributed by atoms with Crippen LogP contribution in [-0.4, -0.2) is 12.0 Å². The van der Waals surface area contributed by atoms with Crippen molar-refractivity contribution in [3.8, 4) is 0 Å². The molecule has 3 nitrogen and oxygen atoms in total. The van der Waals surface area contributed by atoms with Crippen molar-refractivity contribution in [2.24, 2.45) is 21.9 Å². The molecule has 1 fully saturated rings. The minimum atomic E-state index is -2.48. The van der Waals surface area contributed by atoms with Crippen molar-refractivity contribution in [1.82, 2.24) is 0 Å². The van der Waals surface area contributed by atoms with Crippen molar-refractivity contribution in [3.63, 3.8) is 0 Å². The van der Waals surface area contributed by atoms with Gasteiger partial charge in [0.2, 0.25) is 5.92 Å². The van der Waals surface area contributed by atoms with E-state index in [4.69, 9.17) is 5.73 Å². The topological polar surface area (TPSA) is 50.7 Å². The Labute approximate surface area is 68.3 Å². The maximum atomic E-state index is 12.4. The fraction of sp³-hybridized carbons (Fsp3) is 0.714. The molecule has 1 aliphatic heterocycles. The average Bonchev–Trinajstić information content (AvgIpc) is 2.30. The Morgan fingerprint density at radius 1 is 1.50 bits per heavy atom. The van der Waals surface area contributed by atoms with Crippen LogP contribution in [0.3, 0.4) is 0 Å².